The Balaban J connectivity index is 1.61. The number of halogens is 1. The summed E-state index contributed by atoms with van der Waals surface area (Å²) in [4.78, 5) is 26.9. The molecule has 2 N–H and O–H groups in total. The minimum atomic E-state index is -0.358. The topological polar surface area (TPSA) is 61.4 Å². The number of hydrogen-bond acceptors (Lipinski definition) is 3. The van der Waals surface area contributed by atoms with Crippen LogP contribution in [0.15, 0.2) is 40.4 Å². The first-order valence-corrected chi connectivity index (χ1v) is 9.17. The highest BCUT2D eigenvalue weighted by Crippen LogP contribution is 2.21. The summed E-state index contributed by atoms with van der Waals surface area (Å²) < 4.78 is 0.935. The summed E-state index contributed by atoms with van der Waals surface area (Å²) in [6, 6.07) is 6.92. The maximum atomic E-state index is 12.7. The molecule has 1 atom stereocenters. The summed E-state index contributed by atoms with van der Waals surface area (Å²) in [5.74, 6) is -0.112. The average Bonchev–Trinajstić information content (AvgIpc) is 3.10. The van der Waals surface area contributed by atoms with Crippen molar-refractivity contribution in [1.29, 1.82) is 0 Å². The van der Waals surface area contributed by atoms with Crippen molar-refractivity contribution in [2.45, 2.75) is 25.3 Å². The van der Waals surface area contributed by atoms with Crippen LogP contribution in [0.3, 0.4) is 0 Å². The molecule has 1 saturated heterocycles. The van der Waals surface area contributed by atoms with Crippen LogP contribution in [-0.4, -0.2) is 48.9 Å². The fourth-order valence-electron chi connectivity index (χ4n) is 3.19. The zero-order valence-corrected chi connectivity index (χ0v) is 15.1. The Hall–Kier alpha value is -1.66. The van der Waals surface area contributed by atoms with E-state index in [0.717, 1.165) is 36.8 Å². The minimum Gasteiger partial charge on any atom is -0.351 e. The summed E-state index contributed by atoms with van der Waals surface area (Å²) in [6.07, 6.45) is 4.69. The molecular formula is C18H22BrN3O2. The molecule has 1 aromatic carbocycles. The van der Waals surface area contributed by atoms with Gasteiger partial charge in [0.25, 0.3) is 5.91 Å². The van der Waals surface area contributed by atoms with Crippen molar-refractivity contribution in [2.75, 3.05) is 26.2 Å². The van der Waals surface area contributed by atoms with Crippen molar-refractivity contribution < 1.29 is 9.59 Å². The van der Waals surface area contributed by atoms with E-state index in [2.05, 4.69) is 32.6 Å². The molecule has 128 valence electrons. The van der Waals surface area contributed by atoms with Crippen LogP contribution in [-0.2, 0) is 4.79 Å². The quantitative estimate of drug-likeness (QED) is 0.772. The Morgan fingerprint density at radius 1 is 1.29 bits per heavy atom. The van der Waals surface area contributed by atoms with Crippen molar-refractivity contribution in [3.05, 3.63) is 46.0 Å². The predicted molar refractivity (Wildman–Crippen MR) is 96.8 cm³/mol. The fraction of sp³-hybridized carbons (Fsp3) is 0.444. The molecule has 0 aliphatic carbocycles. The van der Waals surface area contributed by atoms with Gasteiger partial charge in [0.05, 0.1) is 0 Å². The molecule has 2 amide bonds. The molecule has 2 aliphatic rings. The van der Waals surface area contributed by atoms with Crippen LogP contribution < -0.4 is 10.6 Å². The summed E-state index contributed by atoms with van der Waals surface area (Å²) in [6.45, 7) is 3.04. The maximum Gasteiger partial charge on any atom is 0.254 e. The van der Waals surface area contributed by atoms with Gasteiger partial charge >= 0.3 is 0 Å². The molecule has 24 heavy (non-hydrogen) atoms. The van der Waals surface area contributed by atoms with Gasteiger partial charge in [-0.3, -0.25) is 9.59 Å². The Labute approximate surface area is 150 Å². The molecule has 0 aromatic heterocycles. The van der Waals surface area contributed by atoms with E-state index < -0.39 is 0 Å². The van der Waals surface area contributed by atoms with Crippen LogP contribution >= 0.6 is 15.9 Å². The standard InChI is InChI=1S/C18H22BrN3O2/c19-15-5-3-14(4-6-15)18(24)22-11-1-2-16(22)17(23)21-12-13-7-9-20-10-8-13/h3-7,16,20H,1-2,8-12H2,(H,21,23). The molecule has 1 fully saturated rings. The van der Waals surface area contributed by atoms with E-state index in [4.69, 9.17) is 0 Å². The molecule has 1 aromatic rings. The second-order valence-electron chi connectivity index (χ2n) is 6.20. The number of nitrogens with zero attached hydrogens (tertiary/aromatic N) is 1. The molecule has 0 saturated carbocycles. The number of rotatable bonds is 4. The smallest absolute Gasteiger partial charge is 0.254 e. The van der Waals surface area contributed by atoms with E-state index >= 15 is 0 Å². The van der Waals surface area contributed by atoms with Gasteiger partial charge in [0.2, 0.25) is 5.91 Å². The van der Waals surface area contributed by atoms with Gasteiger partial charge in [0.1, 0.15) is 6.04 Å². The summed E-state index contributed by atoms with van der Waals surface area (Å²) in [5.41, 5.74) is 1.88. The first kappa shape index (κ1) is 17.2. The molecule has 1 unspecified atom stereocenters. The Morgan fingerprint density at radius 3 is 2.79 bits per heavy atom. The van der Waals surface area contributed by atoms with Gasteiger partial charge < -0.3 is 15.5 Å². The first-order valence-electron chi connectivity index (χ1n) is 8.38. The number of carbonyl (C=O) groups excluding carboxylic acids is 2. The highest BCUT2D eigenvalue weighted by atomic mass is 79.9. The van der Waals surface area contributed by atoms with Gasteiger partial charge in [0, 0.05) is 29.7 Å². The lowest BCUT2D eigenvalue weighted by molar-refractivity contribution is -0.124. The molecule has 6 heteroatoms. The molecule has 0 bridgehead atoms. The third kappa shape index (κ3) is 4.05. The Bertz CT molecular complexity index is 642. The van der Waals surface area contributed by atoms with Gasteiger partial charge in [-0.25, -0.2) is 0 Å². The summed E-state index contributed by atoms with van der Waals surface area (Å²) in [7, 11) is 0. The minimum absolute atomic E-state index is 0.0441. The van der Waals surface area contributed by atoms with Gasteiger partial charge in [0.15, 0.2) is 0 Å². The lowest BCUT2D eigenvalue weighted by Gasteiger charge is -2.24. The average molecular weight is 392 g/mol. The van der Waals surface area contributed by atoms with Crippen molar-refractivity contribution in [3.63, 3.8) is 0 Å². The highest BCUT2D eigenvalue weighted by molar-refractivity contribution is 9.10. The maximum absolute atomic E-state index is 12.7. The van der Waals surface area contributed by atoms with E-state index in [0.29, 0.717) is 18.7 Å². The number of carbonyl (C=O) groups is 2. The van der Waals surface area contributed by atoms with Crippen molar-refractivity contribution in [2.24, 2.45) is 0 Å². The van der Waals surface area contributed by atoms with Crippen LogP contribution in [0.1, 0.15) is 29.6 Å². The van der Waals surface area contributed by atoms with E-state index in [1.807, 2.05) is 12.1 Å². The van der Waals surface area contributed by atoms with E-state index in [1.54, 1.807) is 17.0 Å². The molecule has 2 aliphatic heterocycles. The van der Waals surface area contributed by atoms with Crippen molar-refractivity contribution in [3.8, 4) is 0 Å². The Kier molecular flexibility index (Phi) is 5.68. The lowest BCUT2D eigenvalue weighted by Crippen LogP contribution is -2.46. The van der Waals surface area contributed by atoms with Crippen LogP contribution in [0, 0.1) is 0 Å². The van der Waals surface area contributed by atoms with Crippen LogP contribution in [0.25, 0.3) is 0 Å². The van der Waals surface area contributed by atoms with Crippen molar-refractivity contribution >= 4 is 27.7 Å². The largest absolute Gasteiger partial charge is 0.351 e. The first-order chi connectivity index (χ1) is 11.6. The van der Waals surface area contributed by atoms with Crippen molar-refractivity contribution in [1.82, 2.24) is 15.5 Å². The molecule has 5 nitrogen and oxygen atoms in total. The highest BCUT2D eigenvalue weighted by Gasteiger charge is 2.34. The van der Waals surface area contributed by atoms with E-state index in [1.165, 1.54) is 5.57 Å². The molecule has 0 spiro atoms. The van der Waals surface area contributed by atoms with Gasteiger partial charge in [-0.1, -0.05) is 27.6 Å². The van der Waals surface area contributed by atoms with E-state index in [9.17, 15) is 9.59 Å². The monoisotopic (exact) mass is 391 g/mol. The summed E-state index contributed by atoms with van der Waals surface area (Å²) in [5, 5.41) is 6.26. The lowest BCUT2D eigenvalue weighted by atomic mass is 10.1. The zero-order valence-electron chi connectivity index (χ0n) is 13.6. The SMILES string of the molecule is O=C(NCC1=CCNCC1)C1CCCN1C(=O)c1ccc(Br)cc1. The Morgan fingerprint density at radius 2 is 2.08 bits per heavy atom. The molecule has 2 heterocycles. The zero-order chi connectivity index (χ0) is 16.9. The number of hydrogen-bond donors (Lipinski definition) is 2. The van der Waals surface area contributed by atoms with Gasteiger partial charge in [-0.05, 0) is 50.1 Å². The summed E-state index contributed by atoms with van der Waals surface area (Å²) >= 11 is 3.37. The second kappa shape index (κ2) is 7.94. The fourth-order valence-corrected chi connectivity index (χ4v) is 3.45. The second-order valence-corrected chi connectivity index (χ2v) is 7.11. The van der Waals surface area contributed by atoms with Crippen LogP contribution in [0.4, 0.5) is 0 Å². The predicted octanol–water partition coefficient (Wildman–Crippen LogP) is 2.09. The number of nitrogens with one attached hydrogen (secondary N) is 2. The molecular weight excluding hydrogens is 370 g/mol. The van der Waals surface area contributed by atoms with E-state index in [-0.39, 0.29) is 17.9 Å². The third-order valence-corrected chi connectivity index (χ3v) is 5.08. The number of amides is 2. The molecule has 3 rings (SSSR count). The van der Waals surface area contributed by atoms with Crippen LogP contribution in [0.5, 0.6) is 0 Å². The van der Waals surface area contributed by atoms with Gasteiger partial charge in [-0.15, -0.1) is 0 Å². The van der Waals surface area contributed by atoms with Gasteiger partial charge in [-0.2, -0.15) is 0 Å². The number of benzene rings is 1. The normalized spacial score (nSPS) is 20.6. The van der Waals surface area contributed by atoms with Crippen LogP contribution in [0.2, 0.25) is 0 Å². The molecule has 0 radical (unpaired) electrons. The third-order valence-electron chi connectivity index (χ3n) is 4.56. The number of likely N-dealkylation sites (tertiary alicyclic amines) is 1.